The minimum absolute atomic E-state index is 0.0550. The Kier molecular flexibility index (Phi) is 7.80. The number of hydrogen-bond acceptors (Lipinski definition) is 6. The standard InChI is InChI=1S/C32H33N7O4/c1-2-15-37(32(43)33-17-23-7-4-3-5-8-23)38-20-29(41)39-27(16-22-11-13-25(40)14-12-22)31(42)36(19-28(38)39)18-24-9-6-10-26-30(24)35-21-34-26/h2-14,21,27-28,40H,1,15-20H2,(H,33,43)(H,34,35)/t27-,28+/m0/s1. The first kappa shape index (κ1) is 28.0. The number of hydrazine groups is 1. The molecular weight excluding hydrogens is 546 g/mol. The van der Waals surface area contributed by atoms with Crippen LogP contribution in [-0.2, 0) is 29.1 Å². The lowest BCUT2D eigenvalue weighted by atomic mass is 9.99. The molecule has 3 aromatic carbocycles. The lowest BCUT2D eigenvalue weighted by Gasteiger charge is -2.46. The highest BCUT2D eigenvalue weighted by molar-refractivity contribution is 5.92. The number of nitrogens with one attached hydrogen (secondary N) is 2. The van der Waals surface area contributed by atoms with Crippen LogP contribution in [-0.4, -0.2) is 84.6 Å². The molecule has 3 N–H and O–H groups in total. The van der Waals surface area contributed by atoms with E-state index in [4.69, 9.17) is 0 Å². The number of phenolic OH excluding ortho intramolecular Hbond substituents is 1. The minimum Gasteiger partial charge on any atom is -0.508 e. The Morgan fingerprint density at radius 2 is 1.86 bits per heavy atom. The van der Waals surface area contributed by atoms with Crippen LogP contribution in [0.1, 0.15) is 16.7 Å². The van der Waals surface area contributed by atoms with Crippen LogP contribution in [0.15, 0.2) is 91.8 Å². The van der Waals surface area contributed by atoms with Crippen molar-refractivity contribution < 1.29 is 19.5 Å². The van der Waals surface area contributed by atoms with Crippen molar-refractivity contribution in [2.45, 2.75) is 31.7 Å². The molecule has 0 aliphatic carbocycles. The van der Waals surface area contributed by atoms with Gasteiger partial charge >= 0.3 is 6.03 Å². The number of imidazole rings is 1. The molecule has 1 aromatic heterocycles. The van der Waals surface area contributed by atoms with E-state index in [-0.39, 0.29) is 49.7 Å². The molecule has 4 amide bonds. The second-order valence-electron chi connectivity index (χ2n) is 10.7. The number of carbonyl (C=O) groups excluding carboxylic acids is 3. The molecule has 220 valence electrons. The van der Waals surface area contributed by atoms with E-state index < -0.39 is 12.2 Å². The number of hydrogen-bond donors (Lipinski definition) is 3. The summed E-state index contributed by atoms with van der Waals surface area (Å²) in [6.07, 6.45) is 2.94. The number of para-hydroxylation sites is 1. The van der Waals surface area contributed by atoms with Gasteiger partial charge in [0.15, 0.2) is 0 Å². The van der Waals surface area contributed by atoms with Gasteiger partial charge in [0, 0.05) is 19.5 Å². The fourth-order valence-electron chi connectivity index (χ4n) is 5.90. The summed E-state index contributed by atoms with van der Waals surface area (Å²) in [6, 6.07) is 20.8. The topological polar surface area (TPSA) is 125 Å². The lowest BCUT2D eigenvalue weighted by Crippen LogP contribution is -2.66. The Bertz CT molecular complexity index is 1640. The van der Waals surface area contributed by atoms with Gasteiger partial charge < -0.3 is 25.2 Å². The summed E-state index contributed by atoms with van der Waals surface area (Å²) in [6.45, 7) is 4.81. The summed E-state index contributed by atoms with van der Waals surface area (Å²) in [4.78, 5) is 52.1. The van der Waals surface area contributed by atoms with Crippen LogP contribution in [0.2, 0.25) is 0 Å². The number of aromatic hydroxyl groups is 1. The summed E-state index contributed by atoms with van der Waals surface area (Å²) in [5.74, 6) is -0.293. The third-order valence-corrected chi connectivity index (χ3v) is 7.97. The third-order valence-electron chi connectivity index (χ3n) is 7.97. The molecule has 2 atom stereocenters. The number of nitrogens with zero attached hydrogens (tertiary/aromatic N) is 5. The van der Waals surface area contributed by atoms with E-state index >= 15 is 0 Å². The molecular formula is C32H33N7O4. The molecule has 4 aromatic rings. The fraction of sp³-hybridized carbons (Fsp3) is 0.250. The molecule has 2 fully saturated rings. The van der Waals surface area contributed by atoms with Crippen LogP contribution in [0.4, 0.5) is 4.79 Å². The molecule has 0 spiro atoms. The van der Waals surface area contributed by atoms with E-state index in [2.05, 4.69) is 21.9 Å². The monoisotopic (exact) mass is 579 g/mol. The van der Waals surface area contributed by atoms with Crippen molar-refractivity contribution in [2.24, 2.45) is 0 Å². The smallest absolute Gasteiger partial charge is 0.332 e. The van der Waals surface area contributed by atoms with Crippen molar-refractivity contribution >= 4 is 28.9 Å². The number of rotatable bonds is 9. The molecule has 11 nitrogen and oxygen atoms in total. The van der Waals surface area contributed by atoms with Crippen LogP contribution >= 0.6 is 0 Å². The fourth-order valence-corrected chi connectivity index (χ4v) is 5.90. The first-order valence-corrected chi connectivity index (χ1v) is 14.2. The molecule has 43 heavy (non-hydrogen) atoms. The average molecular weight is 580 g/mol. The molecule has 0 saturated carbocycles. The van der Waals surface area contributed by atoms with Gasteiger partial charge in [0.25, 0.3) is 0 Å². The van der Waals surface area contributed by atoms with Crippen molar-refractivity contribution in [1.29, 1.82) is 0 Å². The van der Waals surface area contributed by atoms with Gasteiger partial charge in [0.1, 0.15) is 18.0 Å². The second-order valence-corrected chi connectivity index (χ2v) is 10.7. The number of carbonyl (C=O) groups is 3. The molecule has 0 unspecified atom stereocenters. The van der Waals surface area contributed by atoms with E-state index in [0.29, 0.717) is 13.1 Å². The predicted molar refractivity (Wildman–Crippen MR) is 160 cm³/mol. The van der Waals surface area contributed by atoms with Gasteiger partial charge in [-0.3, -0.25) is 14.6 Å². The Hall–Kier alpha value is -5.16. The van der Waals surface area contributed by atoms with E-state index in [1.807, 2.05) is 48.5 Å². The maximum atomic E-state index is 14.1. The number of amides is 4. The largest absolute Gasteiger partial charge is 0.508 e. The van der Waals surface area contributed by atoms with Crippen LogP contribution in [0.5, 0.6) is 5.75 Å². The molecule has 6 rings (SSSR count). The van der Waals surface area contributed by atoms with Gasteiger partial charge in [-0.15, -0.1) is 6.58 Å². The molecule has 0 radical (unpaired) electrons. The minimum atomic E-state index is -0.792. The Morgan fingerprint density at radius 1 is 1.07 bits per heavy atom. The quantitative estimate of drug-likeness (QED) is 0.262. The number of piperazine rings is 1. The molecule has 2 aliphatic rings. The van der Waals surface area contributed by atoms with Crippen molar-refractivity contribution in [3.63, 3.8) is 0 Å². The Balaban J connectivity index is 1.31. The van der Waals surface area contributed by atoms with Gasteiger partial charge in [-0.25, -0.2) is 9.78 Å². The Morgan fingerprint density at radius 3 is 2.63 bits per heavy atom. The predicted octanol–water partition coefficient (Wildman–Crippen LogP) is 3.01. The SMILES string of the molecule is C=CCN(C(=O)NCc1ccccc1)N1CC(=O)N2[C@@H](Cc3ccc(O)cc3)C(=O)N(Cc3cccc4nc[nH]c34)C[C@@H]21. The summed E-state index contributed by atoms with van der Waals surface area (Å²) in [5.41, 5.74) is 4.31. The van der Waals surface area contributed by atoms with Crippen LogP contribution in [0.3, 0.4) is 0 Å². The number of benzene rings is 3. The molecule has 3 heterocycles. The number of urea groups is 1. The lowest BCUT2D eigenvalue weighted by molar-refractivity contribution is -0.157. The number of fused-ring (bicyclic) bond motifs is 2. The van der Waals surface area contributed by atoms with Gasteiger partial charge in [-0.2, -0.15) is 5.01 Å². The maximum Gasteiger partial charge on any atom is 0.332 e. The second kappa shape index (κ2) is 12.0. The van der Waals surface area contributed by atoms with Crippen molar-refractivity contribution in [3.8, 4) is 5.75 Å². The van der Waals surface area contributed by atoms with Crippen molar-refractivity contribution in [3.05, 3.63) is 108 Å². The number of H-pyrrole nitrogens is 1. The maximum absolute atomic E-state index is 14.1. The summed E-state index contributed by atoms with van der Waals surface area (Å²) < 4.78 is 0. The summed E-state index contributed by atoms with van der Waals surface area (Å²) in [7, 11) is 0. The third kappa shape index (κ3) is 5.67. The number of aromatic nitrogens is 2. The summed E-state index contributed by atoms with van der Waals surface area (Å²) in [5, 5.41) is 16.0. The zero-order valence-corrected chi connectivity index (χ0v) is 23.6. The van der Waals surface area contributed by atoms with Gasteiger partial charge in [0.2, 0.25) is 11.8 Å². The van der Waals surface area contributed by atoms with Gasteiger partial charge in [0.05, 0.1) is 37.0 Å². The zero-order chi connectivity index (χ0) is 29.9. The van der Waals surface area contributed by atoms with E-state index in [9.17, 15) is 19.5 Å². The first-order valence-electron chi connectivity index (χ1n) is 14.2. The molecule has 11 heteroatoms. The molecule has 2 aliphatic heterocycles. The zero-order valence-electron chi connectivity index (χ0n) is 23.6. The first-order chi connectivity index (χ1) is 20.9. The number of aromatic amines is 1. The van der Waals surface area contributed by atoms with Crippen molar-refractivity contribution in [1.82, 2.24) is 35.1 Å². The van der Waals surface area contributed by atoms with Crippen LogP contribution in [0.25, 0.3) is 11.0 Å². The van der Waals surface area contributed by atoms with E-state index in [0.717, 1.165) is 27.7 Å². The van der Waals surface area contributed by atoms with E-state index in [1.54, 1.807) is 51.5 Å². The van der Waals surface area contributed by atoms with Gasteiger partial charge in [-0.1, -0.05) is 60.7 Å². The molecule has 0 bridgehead atoms. The van der Waals surface area contributed by atoms with Gasteiger partial charge in [-0.05, 0) is 34.9 Å². The average Bonchev–Trinajstić information content (AvgIpc) is 3.63. The highest BCUT2D eigenvalue weighted by Gasteiger charge is 2.52. The van der Waals surface area contributed by atoms with Crippen LogP contribution in [0, 0.1) is 0 Å². The number of phenols is 1. The summed E-state index contributed by atoms with van der Waals surface area (Å²) >= 11 is 0. The van der Waals surface area contributed by atoms with Crippen molar-refractivity contribution in [2.75, 3.05) is 19.6 Å². The Labute approximate surface area is 249 Å². The highest BCUT2D eigenvalue weighted by Crippen LogP contribution is 2.31. The van der Waals surface area contributed by atoms with Crippen LogP contribution < -0.4 is 5.32 Å². The molecule has 2 saturated heterocycles. The highest BCUT2D eigenvalue weighted by atomic mass is 16.3. The normalized spacial score (nSPS) is 18.6. The van der Waals surface area contributed by atoms with E-state index in [1.165, 1.54) is 5.01 Å².